The Morgan fingerprint density at radius 2 is 2.15 bits per heavy atom. The first-order chi connectivity index (χ1) is 9.40. The van der Waals surface area contributed by atoms with Crippen LogP contribution in [0.15, 0.2) is 18.2 Å². The van der Waals surface area contributed by atoms with Crippen LogP contribution in [-0.2, 0) is 0 Å². The lowest BCUT2D eigenvalue weighted by molar-refractivity contribution is -0.384. The zero-order valence-electron chi connectivity index (χ0n) is 11.5. The van der Waals surface area contributed by atoms with Crippen molar-refractivity contribution in [1.29, 1.82) is 0 Å². The van der Waals surface area contributed by atoms with Crippen molar-refractivity contribution in [2.45, 2.75) is 20.0 Å². The summed E-state index contributed by atoms with van der Waals surface area (Å²) in [6, 6.07) is 3.96. The van der Waals surface area contributed by atoms with Gasteiger partial charge in [0.25, 0.3) is 5.69 Å². The average molecular weight is 303 g/mol. The van der Waals surface area contributed by atoms with E-state index in [4.69, 9.17) is 16.3 Å². The number of nitro benzene ring substituents is 1. The molecule has 1 atom stereocenters. The molecule has 0 aliphatic heterocycles. The fraction of sp³-hybridized carbons (Fsp3) is 0.538. The van der Waals surface area contributed by atoms with E-state index in [9.17, 15) is 15.2 Å². The summed E-state index contributed by atoms with van der Waals surface area (Å²) in [5.74, 6) is 0.826. The summed E-state index contributed by atoms with van der Waals surface area (Å²) >= 11 is 5.88. The third-order valence-corrected chi connectivity index (χ3v) is 2.79. The molecule has 20 heavy (non-hydrogen) atoms. The number of nitrogens with zero attached hydrogens (tertiary/aromatic N) is 1. The van der Waals surface area contributed by atoms with E-state index >= 15 is 0 Å². The Bertz CT molecular complexity index is 454. The number of nitrogens with one attached hydrogen (secondary N) is 1. The Morgan fingerprint density at radius 3 is 2.70 bits per heavy atom. The van der Waals surface area contributed by atoms with Crippen LogP contribution in [0.4, 0.5) is 5.69 Å². The average Bonchev–Trinajstić information content (AvgIpc) is 2.36. The number of benzene rings is 1. The summed E-state index contributed by atoms with van der Waals surface area (Å²) < 4.78 is 5.35. The first-order valence-electron chi connectivity index (χ1n) is 6.35. The van der Waals surface area contributed by atoms with E-state index in [-0.39, 0.29) is 17.3 Å². The highest BCUT2D eigenvalue weighted by Crippen LogP contribution is 2.28. The SMILES string of the molecule is CC(C)CNCC(O)COc1ccc([N+](=O)[O-])cc1Cl. The van der Waals surface area contributed by atoms with E-state index in [1.807, 2.05) is 0 Å². The second-order valence-electron chi connectivity index (χ2n) is 4.89. The molecule has 0 bridgehead atoms. The lowest BCUT2D eigenvalue weighted by atomic mass is 10.2. The summed E-state index contributed by atoms with van der Waals surface area (Å²) in [4.78, 5) is 10.0. The summed E-state index contributed by atoms with van der Waals surface area (Å²) in [7, 11) is 0. The molecular formula is C13H19ClN2O4. The van der Waals surface area contributed by atoms with E-state index < -0.39 is 11.0 Å². The van der Waals surface area contributed by atoms with Gasteiger partial charge in [0, 0.05) is 18.7 Å². The molecule has 0 aromatic heterocycles. The predicted molar refractivity (Wildman–Crippen MR) is 77.3 cm³/mol. The Kier molecular flexibility index (Phi) is 6.70. The van der Waals surface area contributed by atoms with Crippen LogP contribution in [0.1, 0.15) is 13.8 Å². The van der Waals surface area contributed by atoms with Gasteiger partial charge in [-0.1, -0.05) is 25.4 Å². The molecule has 0 spiro atoms. The summed E-state index contributed by atoms with van der Waals surface area (Å²) in [5, 5.41) is 23.5. The molecule has 1 unspecified atom stereocenters. The standard InChI is InChI=1S/C13H19ClN2O4/c1-9(2)6-15-7-11(17)8-20-13-4-3-10(16(18)19)5-12(13)14/h3-5,9,11,15,17H,6-8H2,1-2H3. The third-order valence-electron chi connectivity index (χ3n) is 2.49. The highest BCUT2D eigenvalue weighted by atomic mass is 35.5. The Balaban J connectivity index is 2.43. The van der Waals surface area contributed by atoms with Gasteiger partial charge in [-0.2, -0.15) is 0 Å². The first-order valence-corrected chi connectivity index (χ1v) is 6.73. The number of nitro groups is 1. The molecule has 1 aromatic rings. The quantitative estimate of drug-likeness (QED) is 0.568. The molecule has 0 radical (unpaired) electrons. The Labute approximate surface area is 122 Å². The monoisotopic (exact) mass is 302 g/mol. The molecule has 1 rings (SSSR count). The van der Waals surface area contributed by atoms with Gasteiger partial charge in [0.1, 0.15) is 18.5 Å². The van der Waals surface area contributed by atoms with Crippen molar-refractivity contribution in [2.75, 3.05) is 19.7 Å². The molecule has 0 fully saturated rings. The van der Waals surface area contributed by atoms with Gasteiger partial charge in [-0.05, 0) is 18.5 Å². The second kappa shape index (κ2) is 8.04. The van der Waals surface area contributed by atoms with Crippen LogP contribution < -0.4 is 10.1 Å². The molecule has 7 heteroatoms. The number of non-ortho nitro benzene ring substituents is 1. The van der Waals surface area contributed by atoms with Gasteiger partial charge in [-0.15, -0.1) is 0 Å². The number of hydrogen-bond acceptors (Lipinski definition) is 5. The molecule has 1 aromatic carbocycles. The topological polar surface area (TPSA) is 84.6 Å². The zero-order chi connectivity index (χ0) is 15.1. The van der Waals surface area contributed by atoms with Crippen LogP contribution in [0.5, 0.6) is 5.75 Å². The predicted octanol–water partition coefficient (Wildman–Crippen LogP) is 2.23. The fourth-order valence-electron chi connectivity index (χ4n) is 1.50. The van der Waals surface area contributed by atoms with Gasteiger partial charge in [-0.25, -0.2) is 0 Å². The minimum Gasteiger partial charge on any atom is -0.489 e. The van der Waals surface area contributed by atoms with Crippen molar-refractivity contribution in [2.24, 2.45) is 5.92 Å². The van der Waals surface area contributed by atoms with Crippen LogP contribution in [0.2, 0.25) is 5.02 Å². The van der Waals surface area contributed by atoms with Crippen LogP contribution in [0.25, 0.3) is 0 Å². The van der Waals surface area contributed by atoms with Crippen LogP contribution in [0, 0.1) is 16.0 Å². The molecule has 6 nitrogen and oxygen atoms in total. The van der Waals surface area contributed by atoms with E-state index in [1.165, 1.54) is 18.2 Å². The minimum absolute atomic E-state index is 0.0720. The fourth-order valence-corrected chi connectivity index (χ4v) is 1.73. The van der Waals surface area contributed by atoms with Crippen molar-refractivity contribution < 1.29 is 14.8 Å². The zero-order valence-corrected chi connectivity index (χ0v) is 12.3. The minimum atomic E-state index is -0.667. The van der Waals surface area contributed by atoms with Crippen LogP contribution in [0.3, 0.4) is 0 Å². The maximum Gasteiger partial charge on any atom is 0.271 e. The lowest BCUT2D eigenvalue weighted by Crippen LogP contribution is -2.33. The maximum atomic E-state index is 10.6. The number of halogens is 1. The van der Waals surface area contributed by atoms with Gasteiger partial charge in [0.15, 0.2) is 0 Å². The number of ether oxygens (including phenoxy) is 1. The molecule has 0 saturated carbocycles. The molecule has 0 aliphatic rings. The van der Waals surface area contributed by atoms with Gasteiger partial charge in [0.05, 0.1) is 9.95 Å². The van der Waals surface area contributed by atoms with E-state index in [0.717, 1.165) is 6.54 Å². The van der Waals surface area contributed by atoms with Crippen molar-refractivity contribution in [3.63, 3.8) is 0 Å². The summed E-state index contributed by atoms with van der Waals surface area (Å²) in [5.41, 5.74) is -0.0958. The normalized spacial score (nSPS) is 12.4. The van der Waals surface area contributed by atoms with Crippen molar-refractivity contribution in [3.05, 3.63) is 33.3 Å². The molecule has 0 amide bonds. The first kappa shape index (κ1) is 16.7. The molecule has 0 heterocycles. The van der Waals surface area contributed by atoms with Crippen LogP contribution in [-0.4, -0.2) is 35.8 Å². The van der Waals surface area contributed by atoms with Crippen LogP contribution >= 0.6 is 11.6 Å². The smallest absolute Gasteiger partial charge is 0.271 e. The van der Waals surface area contributed by atoms with Gasteiger partial charge in [0.2, 0.25) is 0 Å². The van der Waals surface area contributed by atoms with Gasteiger partial charge >= 0.3 is 0 Å². The molecule has 0 saturated heterocycles. The van der Waals surface area contributed by atoms with E-state index in [2.05, 4.69) is 19.2 Å². The Hall–Kier alpha value is -1.37. The van der Waals surface area contributed by atoms with E-state index in [0.29, 0.717) is 18.2 Å². The van der Waals surface area contributed by atoms with Gasteiger partial charge < -0.3 is 15.2 Å². The van der Waals surface area contributed by atoms with Crippen molar-refractivity contribution >= 4 is 17.3 Å². The van der Waals surface area contributed by atoms with Crippen molar-refractivity contribution in [1.82, 2.24) is 5.32 Å². The Morgan fingerprint density at radius 1 is 1.45 bits per heavy atom. The number of aliphatic hydroxyl groups is 1. The maximum absolute atomic E-state index is 10.6. The summed E-state index contributed by atoms with van der Waals surface area (Å²) in [6.07, 6.45) is -0.667. The highest BCUT2D eigenvalue weighted by Gasteiger charge is 2.12. The summed E-state index contributed by atoms with van der Waals surface area (Å²) in [6.45, 7) is 5.46. The third kappa shape index (κ3) is 5.73. The molecule has 2 N–H and O–H groups in total. The largest absolute Gasteiger partial charge is 0.489 e. The number of rotatable bonds is 8. The molecule has 0 aliphatic carbocycles. The highest BCUT2D eigenvalue weighted by molar-refractivity contribution is 6.32. The number of hydrogen-bond donors (Lipinski definition) is 2. The van der Waals surface area contributed by atoms with Gasteiger partial charge in [-0.3, -0.25) is 10.1 Å². The molecule has 112 valence electrons. The van der Waals surface area contributed by atoms with Crippen molar-refractivity contribution in [3.8, 4) is 5.75 Å². The lowest BCUT2D eigenvalue weighted by Gasteiger charge is -2.14. The molecular weight excluding hydrogens is 284 g/mol. The number of aliphatic hydroxyl groups excluding tert-OH is 1. The second-order valence-corrected chi connectivity index (χ2v) is 5.30. The van der Waals surface area contributed by atoms with E-state index in [1.54, 1.807) is 0 Å².